The molecule has 0 saturated heterocycles. The molecule has 0 aromatic heterocycles. The molecule has 0 aliphatic heterocycles. The highest BCUT2D eigenvalue weighted by atomic mass is 14.7. The van der Waals surface area contributed by atoms with Gasteiger partial charge in [-0.25, -0.2) is 0 Å². The van der Waals surface area contributed by atoms with Crippen LogP contribution >= 0.6 is 0 Å². The van der Waals surface area contributed by atoms with Crippen LogP contribution in [0.5, 0.6) is 0 Å². The number of nitrogens with two attached hydrogens (primary N) is 2. The maximum Gasteiger partial charge on any atom is 0.0548 e. The quantitative estimate of drug-likeness (QED) is 0.391. The molecule has 0 atom stereocenters. The van der Waals surface area contributed by atoms with Gasteiger partial charge in [0.15, 0.2) is 0 Å². The second-order valence-electron chi connectivity index (χ2n) is 1.64. The average molecular weight is 137 g/mol. The molecule has 0 aromatic rings. The summed E-state index contributed by atoms with van der Waals surface area (Å²) in [7, 11) is 0. The van der Waals surface area contributed by atoms with E-state index < -0.39 is 0 Å². The van der Waals surface area contributed by atoms with E-state index in [1.54, 1.807) is 6.08 Å². The number of allylic oxidation sites excluding steroid dienone is 3. The van der Waals surface area contributed by atoms with E-state index >= 15 is 0 Å². The summed E-state index contributed by atoms with van der Waals surface area (Å²) in [5, 5.41) is 6.64. The highest BCUT2D eigenvalue weighted by Crippen LogP contribution is 1.92. The van der Waals surface area contributed by atoms with Gasteiger partial charge in [-0.05, 0) is 18.2 Å². The fourth-order valence-electron chi connectivity index (χ4n) is 0.366. The average Bonchev–Trinajstić information content (AvgIpc) is 1.98. The molecule has 0 saturated carbocycles. The molecule has 0 fully saturated rings. The third-order valence-corrected chi connectivity index (χ3v) is 0.925. The largest absolute Gasteiger partial charge is 0.397 e. The fraction of sp³-hybridized carbons (Fsp3) is 0. The molecule has 3 heteroatoms. The lowest BCUT2D eigenvalue weighted by molar-refractivity contribution is 1.28. The van der Waals surface area contributed by atoms with Gasteiger partial charge < -0.3 is 16.9 Å². The van der Waals surface area contributed by atoms with Gasteiger partial charge in [-0.2, -0.15) is 0 Å². The van der Waals surface area contributed by atoms with Crippen LogP contribution in [0.1, 0.15) is 0 Å². The van der Waals surface area contributed by atoms with Crippen molar-refractivity contribution >= 4 is 6.21 Å². The van der Waals surface area contributed by atoms with Crippen LogP contribution in [0, 0.1) is 5.41 Å². The smallest absolute Gasteiger partial charge is 0.0548 e. The number of hydrogen-bond donors (Lipinski definition) is 3. The molecule has 0 radical (unpaired) electrons. The van der Waals surface area contributed by atoms with Crippen LogP contribution in [0.15, 0.2) is 36.2 Å². The van der Waals surface area contributed by atoms with E-state index in [4.69, 9.17) is 16.9 Å². The third kappa shape index (κ3) is 2.71. The van der Waals surface area contributed by atoms with Gasteiger partial charge in [-0.15, -0.1) is 0 Å². The summed E-state index contributed by atoms with van der Waals surface area (Å²) in [6.07, 6.45) is 5.63. The first-order valence-corrected chi connectivity index (χ1v) is 2.77. The van der Waals surface area contributed by atoms with Crippen molar-refractivity contribution in [2.75, 3.05) is 0 Å². The van der Waals surface area contributed by atoms with Crippen molar-refractivity contribution < 1.29 is 0 Å². The van der Waals surface area contributed by atoms with Crippen molar-refractivity contribution in [1.29, 1.82) is 5.41 Å². The predicted octanol–water partition coefficient (Wildman–Crippen LogP) is 0.507. The van der Waals surface area contributed by atoms with Crippen LogP contribution in [0.4, 0.5) is 0 Å². The molecule has 0 unspecified atom stereocenters. The summed E-state index contributed by atoms with van der Waals surface area (Å²) in [5.74, 6) is 0. The Morgan fingerprint density at radius 3 is 2.30 bits per heavy atom. The van der Waals surface area contributed by atoms with E-state index in [1.807, 2.05) is 0 Å². The zero-order valence-electron chi connectivity index (χ0n) is 5.67. The summed E-state index contributed by atoms with van der Waals surface area (Å²) < 4.78 is 0. The molecule has 0 aliphatic rings. The van der Waals surface area contributed by atoms with Crippen LogP contribution in [-0.2, 0) is 0 Å². The number of nitrogens with one attached hydrogen (secondary N) is 1. The van der Waals surface area contributed by atoms with E-state index in [9.17, 15) is 0 Å². The summed E-state index contributed by atoms with van der Waals surface area (Å²) >= 11 is 0. The van der Waals surface area contributed by atoms with E-state index in [-0.39, 0.29) is 0 Å². The molecule has 0 amide bonds. The van der Waals surface area contributed by atoms with Crippen molar-refractivity contribution in [3.05, 3.63) is 36.2 Å². The van der Waals surface area contributed by atoms with Gasteiger partial charge in [0.25, 0.3) is 0 Å². The Kier molecular flexibility index (Phi) is 3.72. The summed E-state index contributed by atoms with van der Waals surface area (Å²) in [6.45, 7) is 3.44. The maximum atomic E-state index is 6.64. The van der Waals surface area contributed by atoms with E-state index in [0.29, 0.717) is 11.4 Å². The van der Waals surface area contributed by atoms with Crippen LogP contribution in [0.25, 0.3) is 0 Å². The fourth-order valence-corrected chi connectivity index (χ4v) is 0.366. The van der Waals surface area contributed by atoms with Gasteiger partial charge in [0.1, 0.15) is 0 Å². The van der Waals surface area contributed by atoms with E-state index in [0.717, 1.165) is 6.21 Å². The Labute approximate surface area is 60.2 Å². The molecule has 0 rings (SSSR count). The second-order valence-corrected chi connectivity index (χ2v) is 1.64. The lowest BCUT2D eigenvalue weighted by atomic mass is 10.3. The van der Waals surface area contributed by atoms with Crippen molar-refractivity contribution in [3.8, 4) is 0 Å². The maximum absolute atomic E-state index is 6.64. The molecular formula is C7H11N3. The Bertz CT molecular complexity index is 189. The number of hydrogen-bond acceptors (Lipinski definition) is 3. The van der Waals surface area contributed by atoms with Gasteiger partial charge in [-0.1, -0.05) is 6.58 Å². The summed E-state index contributed by atoms with van der Waals surface area (Å²) in [4.78, 5) is 0. The SMILES string of the molecule is C=C/C(N)=C(N)\C=C/C=N. The van der Waals surface area contributed by atoms with Crippen LogP contribution in [-0.4, -0.2) is 6.21 Å². The third-order valence-electron chi connectivity index (χ3n) is 0.925. The van der Waals surface area contributed by atoms with Gasteiger partial charge in [0, 0.05) is 6.21 Å². The minimum Gasteiger partial charge on any atom is -0.397 e. The monoisotopic (exact) mass is 137 g/mol. The Hall–Kier alpha value is -1.51. The Balaban J connectivity index is 4.31. The molecule has 5 N–H and O–H groups in total. The molecule has 3 nitrogen and oxygen atoms in total. The molecule has 10 heavy (non-hydrogen) atoms. The van der Waals surface area contributed by atoms with Crippen molar-refractivity contribution in [2.45, 2.75) is 0 Å². The first-order valence-electron chi connectivity index (χ1n) is 2.77. The summed E-state index contributed by atoms with van der Waals surface area (Å²) in [5.41, 5.74) is 11.6. The first-order chi connectivity index (χ1) is 4.72. The van der Waals surface area contributed by atoms with Gasteiger partial charge in [-0.3, -0.25) is 0 Å². The highest BCUT2D eigenvalue weighted by molar-refractivity contribution is 5.68. The van der Waals surface area contributed by atoms with Crippen LogP contribution in [0.3, 0.4) is 0 Å². The lowest BCUT2D eigenvalue weighted by Gasteiger charge is -1.94. The Morgan fingerprint density at radius 1 is 1.30 bits per heavy atom. The highest BCUT2D eigenvalue weighted by Gasteiger charge is 1.85. The topological polar surface area (TPSA) is 75.9 Å². The minimum absolute atomic E-state index is 0.429. The van der Waals surface area contributed by atoms with Gasteiger partial charge >= 0.3 is 0 Å². The predicted molar refractivity (Wildman–Crippen MR) is 43.5 cm³/mol. The lowest BCUT2D eigenvalue weighted by Crippen LogP contribution is -2.04. The van der Waals surface area contributed by atoms with Crippen LogP contribution in [0.2, 0.25) is 0 Å². The van der Waals surface area contributed by atoms with Crippen LogP contribution < -0.4 is 11.5 Å². The molecule has 0 aliphatic carbocycles. The first kappa shape index (κ1) is 8.49. The molecule has 54 valence electrons. The standard InChI is InChI=1S/C7H11N3/c1-2-6(9)7(10)4-3-5-8/h2-5,8H,1,9-10H2/b4-3-,7-6-,8-5?. The van der Waals surface area contributed by atoms with Crippen molar-refractivity contribution in [1.82, 2.24) is 0 Å². The Morgan fingerprint density at radius 2 is 1.90 bits per heavy atom. The van der Waals surface area contributed by atoms with Crippen molar-refractivity contribution in [3.63, 3.8) is 0 Å². The molecule has 0 heterocycles. The van der Waals surface area contributed by atoms with Crippen molar-refractivity contribution in [2.24, 2.45) is 11.5 Å². The van der Waals surface area contributed by atoms with Gasteiger partial charge in [0.05, 0.1) is 11.4 Å². The normalized spacial score (nSPS) is 12.8. The zero-order chi connectivity index (χ0) is 7.98. The van der Waals surface area contributed by atoms with E-state index in [1.165, 1.54) is 12.2 Å². The zero-order valence-corrected chi connectivity index (χ0v) is 5.67. The molecule has 0 aromatic carbocycles. The molecule has 0 bridgehead atoms. The van der Waals surface area contributed by atoms with Gasteiger partial charge in [0.2, 0.25) is 0 Å². The van der Waals surface area contributed by atoms with E-state index in [2.05, 4.69) is 6.58 Å². The molecular weight excluding hydrogens is 126 g/mol. The molecule has 0 spiro atoms. The second kappa shape index (κ2) is 4.38. The minimum atomic E-state index is 0.429. The summed E-state index contributed by atoms with van der Waals surface area (Å²) in [6, 6.07) is 0. The number of rotatable bonds is 3.